The average molecular weight is 506 g/mol. The van der Waals surface area contributed by atoms with E-state index in [4.69, 9.17) is 15.6 Å². The molecular weight excluding hydrogens is 466 g/mol. The molecule has 1 aliphatic rings. The summed E-state index contributed by atoms with van der Waals surface area (Å²) in [6.07, 6.45) is 3.26. The van der Waals surface area contributed by atoms with Crippen molar-refractivity contribution in [1.82, 2.24) is 15.5 Å². The van der Waals surface area contributed by atoms with Crippen LogP contribution in [0.25, 0.3) is 0 Å². The van der Waals surface area contributed by atoms with E-state index in [1.54, 1.807) is 29.2 Å². The number of hydrogen-bond acceptors (Lipinski definition) is 7. The molecule has 11 heteroatoms. The molecule has 0 radical (unpaired) electrons. The minimum atomic E-state index is -0.862. The van der Waals surface area contributed by atoms with Crippen molar-refractivity contribution in [2.45, 2.75) is 77.1 Å². The first-order valence-electron chi connectivity index (χ1n) is 12.5. The van der Waals surface area contributed by atoms with E-state index in [9.17, 15) is 19.2 Å². The van der Waals surface area contributed by atoms with Crippen LogP contribution in [0.15, 0.2) is 24.3 Å². The molecule has 0 unspecified atom stereocenters. The lowest BCUT2D eigenvalue weighted by Gasteiger charge is -2.21. The summed E-state index contributed by atoms with van der Waals surface area (Å²) in [6, 6.07) is 5.44. The predicted octanol–water partition coefficient (Wildman–Crippen LogP) is 1.25. The number of ether oxygens (including phenoxy) is 1. The van der Waals surface area contributed by atoms with Crippen molar-refractivity contribution in [2.75, 3.05) is 25.0 Å². The summed E-state index contributed by atoms with van der Waals surface area (Å²) in [7, 11) is 0. The third kappa shape index (κ3) is 9.46. The molecule has 1 aliphatic heterocycles. The van der Waals surface area contributed by atoms with Crippen LogP contribution in [0.5, 0.6) is 0 Å². The predicted molar refractivity (Wildman–Crippen MR) is 135 cm³/mol. The third-order valence-corrected chi connectivity index (χ3v) is 6.06. The van der Waals surface area contributed by atoms with Gasteiger partial charge in [0.1, 0.15) is 18.7 Å². The fraction of sp³-hybridized carbons (Fsp3) is 0.600. The second-order valence-corrected chi connectivity index (χ2v) is 9.03. The number of nitrogens with zero attached hydrogens (tertiary/aromatic N) is 1. The number of aliphatic hydroxyl groups is 1. The Hall–Kier alpha value is -3.18. The number of anilines is 1. The highest BCUT2D eigenvalue weighted by Crippen LogP contribution is 2.18. The molecule has 2 rings (SSSR count). The van der Waals surface area contributed by atoms with Gasteiger partial charge in [-0.2, -0.15) is 0 Å². The monoisotopic (exact) mass is 505 g/mol. The standard InChI is InChI=1S/C25H39N5O6/c1-17-6-5-14-30(17)25(35)36-16-19-8-10-20(11-9-19)28-24(34)21(7-3-4-13-26)29-23(33)18(2)27-22(32)12-15-31/h8-11,17-18,21,31H,3-7,12-16,26H2,1-2H3,(H,27,32)(H,28,34)(H,29,33)/t17-,18-,21-/m1/s1. The fourth-order valence-electron chi connectivity index (χ4n) is 3.89. The van der Waals surface area contributed by atoms with Gasteiger partial charge in [-0.1, -0.05) is 12.1 Å². The van der Waals surface area contributed by atoms with Gasteiger partial charge in [0.15, 0.2) is 0 Å². The van der Waals surface area contributed by atoms with Gasteiger partial charge in [0, 0.05) is 24.7 Å². The maximum Gasteiger partial charge on any atom is 0.410 e. The Labute approximate surface area is 212 Å². The average Bonchev–Trinajstić information content (AvgIpc) is 3.28. The third-order valence-electron chi connectivity index (χ3n) is 6.06. The molecule has 4 amide bonds. The van der Waals surface area contributed by atoms with Gasteiger partial charge >= 0.3 is 6.09 Å². The number of likely N-dealkylation sites (tertiary alicyclic amines) is 1. The minimum absolute atomic E-state index is 0.107. The number of benzene rings is 1. The Balaban J connectivity index is 1.91. The van der Waals surface area contributed by atoms with E-state index in [0.717, 1.165) is 18.4 Å². The van der Waals surface area contributed by atoms with Crippen LogP contribution < -0.4 is 21.7 Å². The van der Waals surface area contributed by atoms with Crippen molar-refractivity contribution in [3.63, 3.8) is 0 Å². The Morgan fingerprint density at radius 2 is 1.86 bits per heavy atom. The van der Waals surface area contributed by atoms with Gasteiger partial charge < -0.3 is 36.4 Å². The molecule has 11 nitrogen and oxygen atoms in total. The first kappa shape index (κ1) is 29.1. The molecule has 0 aliphatic carbocycles. The Bertz CT molecular complexity index is 878. The van der Waals surface area contributed by atoms with Crippen molar-refractivity contribution >= 4 is 29.5 Å². The summed E-state index contributed by atoms with van der Waals surface area (Å²) in [5.74, 6) is -1.35. The van der Waals surface area contributed by atoms with Gasteiger partial charge in [0.25, 0.3) is 0 Å². The van der Waals surface area contributed by atoms with E-state index in [-0.39, 0.29) is 31.8 Å². The van der Waals surface area contributed by atoms with E-state index >= 15 is 0 Å². The molecule has 1 heterocycles. The summed E-state index contributed by atoms with van der Waals surface area (Å²) in [5.41, 5.74) is 6.88. The van der Waals surface area contributed by atoms with Crippen molar-refractivity contribution in [3.05, 3.63) is 29.8 Å². The summed E-state index contributed by atoms with van der Waals surface area (Å²) >= 11 is 0. The number of unbranched alkanes of at least 4 members (excludes halogenated alkanes) is 1. The molecule has 0 spiro atoms. The number of carbonyl (C=O) groups excluding carboxylic acids is 4. The second-order valence-electron chi connectivity index (χ2n) is 9.03. The molecular formula is C25H39N5O6. The number of rotatable bonds is 13. The van der Waals surface area contributed by atoms with E-state index < -0.39 is 29.8 Å². The molecule has 1 saturated heterocycles. The smallest absolute Gasteiger partial charge is 0.410 e. The fourth-order valence-corrected chi connectivity index (χ4v) is 3.89. The molecule has 1 aromatic rings. The van der Waals surface area contributed by atoms with Crippen LogP contribution in [0.2, 0.25) is 0 Å². The van der Waals surface area contributed by atoms with Gasteiger partial charge in [0.2, 0.25) is 17.7 Å². The van der Waals surface area contributed by atoms with E-state index in [0.29, 0.717) is 38.0 Å². The minimum Gasteiger partial charge on any atom is -0.445 e. The molecule has 6 N–H and O–H groups in total. The molecule has 0 aromatic heterocycles. The Kier molecular flexibility index (Phi) is 12.1. The van der Waals surface area contributed by atoms with Crippen LogP contribution in [-0.2, 0) is 25.7 Å². The molecule has 1 fully saturated rings. The maximum absolute atomic E-state index is 12.9. The quantitative estimate of drug-likeness (QED) is 0.252. The molecule has 200 valence electrons. The molecule has 1 aromatic carbocycles. The van der Waals surface area contributed by atoms with Crippen molar-refractivity contribution in [3.8, 4) is 0 Å². The summed E-state index contributed by atoms with van der Waals surface area (Å²) in [4.78, 5) is 51.0. The highest BCUT2D eigenvalue weighted by molar-refractivity contribution is 5.98. The number of carbonyl (C=O) groups is 4. The van der Waals surface area contributed by atoms with E-state index in [1.165, 1.54) is 6.92 Å². The number of aliphatic hydroxyl groups excluding tert-OH is 1. The van der Waals surface area contributed by atoms with Gasteiger partial charge in [0.05, 0.1) is 6.61 Å². The zero-order valence-electron chi connectivity index (χ0n) is 21.1. The molecule has 3 atom stereocenters. The molecule has 0 bridgehead atoms. The lowest BCUT2D eigenvalue weighted by Crippen LogP contribution is -2.51. The summed E-state index contributed by atoms with van der Waals surface area (Å²) < 4.78 is 5.40. The topological polar surface area (TPSA) is 163 Å². The number of nitrogens with two attached hydrogens (primary N) is 1. The highest BCUT2D eigenvalue weighted by Gasteiger charge is 2.26. The maximum atomic E-state index is 12.9. The zero-order chi connectivity index (χ0) is 26.5. The number of amides is 4. The molecule has 0 saturated carbocycles. The lowest BCUT2D eigenvalue weighted by molar-refractivity contribution is -0.130. The van der Waals surface area contributed by atoms with E-state index in [2.05, 4.69) is 16.0 Å². The van der Waals surface area contributed by atoms with Gasteiger partial charge in [-0.3, -0.25) is 14.4 Å². The first-order chi connectivity index (χ1) is 17.2. The van der Waals surface area contributed by atoms with Crippen LogP contribution in [0, 0.1) is 0 Å². The zero-order valence-corrected chi connectivity index (χ0v) is 21.1. The van der Waals surface area contributed by atoms with Gasteiger partial charge in [-0.15, -0.1) is 0 Å². The Morgan fingerprint density at radius 1 is 1.14 bits per heavy atom. The normalized spacial score (nSPS) is 16.7. The van der Waals surface area contributed by atoms with Crippen molar-refractivity contribution in [2.24, 2.45) is 5.73 Å². The summed E-state index contributed by atoms with van der Waals surface area (Å²) in [6.45, 7) is 4.51. The van der Waals surface area contributed by atoms with Crippen molar-refractivity contribution in [1.29, 1.82) is 0 Å². The van der Waals surface area contributed by atoms with Crippen LogP contribution in [0.3, 0.4) is 0 Å². The van der Waals surface area contributed by atoms with Crippen LogP contribution >= 0.6 is 0 Å². The summed E-state index contributed by atoms with van der Waals surface area (Å²) in [5, 5.41) is 16.8. The first-order valence-corrected chi connectivity index (χ1v) is 12.5. The highest BCUT2D eigenvalue weighted by atomic mass is 16.6. The Morgan fingerprint density at radius 3 is 2.47 bits per heavy atom. The SMILES string of the molecule is C[C@@H]1CCCN1C(=O)OCc1ccc(NC(=O)[C@@H](CCCCN)NC(=O)[C@@H](C)NC(=O)CCO)cc1. The number of hydrogen-bond donors (Lipinski definition) is 5. The largest absolute Gasteiger partial charge is 0.445 e. The van der Waals surface area contributed by atoms with Gasteiger partial charge in [-0.25, -0.2) is 4.79 Å². The van der Waals surface area contributed by atoms with Crippen LogP contribution in [-0.4, -0.2) is 71.6 Å². The van der Waals surface area contributed by atoms with Crippen LogP contribution in [0.1, 0.15) is 57.9 Å². The second kappa shape index (κ2) is 15.0. The van der Waals surface area contributed by atoms with Gasteiger partial charge in [-0.05, 0) is 70.2 Å². The molecule has 36 heavy (non-hydrogen) atoms. The van der Waals surface area contributed by atoms with Crippen molar-refractivity contribution < 1.29 is 29.0 Å². The van der Waals surface area contributed by atoms with E-state index in [1.807, 2.05) is 6.92 Å². The lowest BCUT2D eigenvalue weighted by atomic mass is 10.1. The number of nitrogens with one attached hydrogen (secondary N) is 3. The van der Waals surface area contributed by atoms with Crippen LogP contribution in [0.4, 0.5) is 10.5 Å².